The summed E-state index contributed by atoms with van der Waals surface area (Å²) in [6, 6.07) is 8.12. The van der Waals surface area contributed by atoms with Crippen molar-refractivity contribution in [2.45, 2.75) is 26.4 Å². The van der Waals surface area contributed by atoms with Gasteiger partial charge in [-0.2, -0.15) is 5.10 Å². The lowest BCUT2D eigenvalue weighted by molar-refractivity contribution is 0.367. The summed E-state index contributed by atoms with van der Waals surface area (Å²) in [7, 11) is 3.56. The van der Waals surface area contributed by atoms with Gasteiger partial charge in [0.25, 0.3) is 0 Å². The van der Waals surface area contributed by atoms with Crippen LogP contribution < -0.4 is 10.1 Å². The smallest absolute Gasteiger partial charge is 0.216 e. The van der Waals surface area contributed by atoms with E-state index in [1.54, 1.807) is 11.8 Å². The lowest BCUT2D eigenvalue weighted by Crippen LogP contribution is -2.18. The van der Waals surface area contributed by atoms with Crippen LogP contribution in [0.3, 0.4) is 0 Å². The van der Waals surface area contributed by atoms with Crippen LogP contribution in [0, 0.1) is 6.92 Å². The first-order chi connectivity index (χ1) is 9.52. The van der Waals surface area contributed by atoms with Gasteiger partial charge in [-0.25, -0.2) is 4.68 Å². The minimum absolute atomic E-state index is 0.233. The van der Waals surface area contributed by atoms with Gasteiger partial charge in [-0.05, 0) is 31.5 Å². The summed E-state index contributed by atoms with van der Waals surface area (Å²) in [5.41, 5.74) is 3.28. The summed E-state index contributed by atoms with van der Waals surface area (Å²) in [6.07, 6.45) is 0. The van der Waals surface area contributed by atoms with E-state index in [0.717, 1.165) is 22.2 Å². The molecule has 0 saturated carbocycles. The van der Waals surface area contributed by atoms with E-state index in [2.05, 4.69) is 17.3 Å². The SMILES string of the molecule is COc1c(CN[C@H](C)c2ccc(Cl)cc2)c(C)nn1C. The minimum atomic E-state index is 0.233. The number of rotatable bonds is 5. The quantitative estimate of drug-likeness (QED) is 0.920. The highest BCUT2D eigenvalue weighted by Gasteiger charge is 2.14. The average Bonchev–Trinajstić information content (AvgIpc) is 2.70. The molecule has 0 aliphatic rings. The van der Waals surface area contributed by atoms with Gasteiger partial charge in [0.2, 0.25) is 5.88 Å². The Hall–Kier alpha value is -1.52. The number of ether oxygens (including phenoxy) is 1. The highest BCUT2D eigenvalue weighted by Crippen LogP contribution is 2.22. The van der Waals surface area contributed by atoms with Crippen molar-refractivity contribution in [1.82, 2.24) is 15.1 Å². The van der Waals surface area contributed by atoms with E-state index in [1.165, 1.54) is 5.56 Å². The number of halogens is 1. The Balaban J connectivity index is 2.07. The zero-order valence-electron chi connectivity index (χ0n) is 12.3. The zero-order chi connectivity index (χ0) is 14.7. The molecule has 0 spiro atoms. The van der Waals surface area contributed by atoms with Crippen molar-refractivity contribution in [3.8, 4) is 5.88 Å². The molecule has 108 valence electrons. The van der Waals surface area contributed by atoms with Gasteiger partial charge in [-0.15, -0.1) is 0 Å². The van der Waals surface area contributed by atoms with Crippen LogP contribution in [0.2, 0.25) is 5.02 Å². The first-order valence-electron chi connectivity index (χ1n) is 6.58. The van der Waals surface area contributed by atoms with Crippen LogP contribution in [0.4, 0.5) is 0 Å². The Morgan fingerprint density at radius 1 is 1.35 bits per heavy atom. The summed E-state index contributed by atoms with van der Waals surface area (Å²) in [6.45, 7) is 4.83. The Kier molecular flexibility index (Phi) is 4.68. The third-order valence-corrected chi connectivity index (χ3v) is 3.69. The molecule has 0 unspecified atom stereocenters. The minimum Gasteiger partial charge on any atom is -0.481 e. The van der Waals surface area contributed by atoms with Crippen molar-refractivity contribution in [2.75, 3.05) is 7.11 Å². The summed E-state index contributed by atoms with van der Waals surface area (Å²) in [5, 5.41) is 8.62. The highest BCUT2D eigenvalue weighted by molar-refractivity contribution is 6.30. The van der Waals surface area contributed by atoms with Gasteiger partial charge in [0.1, 0.15) is 0 Å². The van der Waals surface area contributed by atoms with Crippen LogP contribution in [0.5, 0.6) is 5.88 Å². The Labute approximate surface area is 124 Å². The van der Waals surface area contributed by atoms with Crippen LogP contribution in [0.1, 0.15) is 29.8 Å². The summed E-state index contributed by atoms with van der Waals surface area (Å²) < 4.78 is 7.16. The fourth-order valence-corrected chi connectivity index (χ4v) is 2.39. The molecule has 0 bridgehead atoms. The number of nitrogens with zero attached hydrogens (tertiary/aromatic N) is 2. The Morgan fingerprint density at radius 2 is 2.00 bits per heavy atom. The van der Waals surface area contributed by atoms with Gasteiger partial charge in [0.15, 0.2) is 0 Å². The number of hydrogen-bond acceptors (Lipinski definition) is 3. The van der Waals surface area contributed by atoms with Crippen LogP contribution >= 0.6 is 11.6 Å². The fourth-order valence-electron chi connectivity index (χ4n) is 2.26. The van der Waals surface area contributed by atoms with Crippen molar-refractivity contribution >= 4 is 11.6 Å². The monoisotopic (exact) mass is 293 g/mol. The fraction of sp³-hybridized carbons (Fsp3) is 0.400. The molecule has 0 saturated heterocycles. The van der Waals surface area contributed by atoms with Gasteiger partial charge >= 0.3 is 0 Å². The molecule has 0 amide bonds. The van der Waals surface area contributed by atoms with Gasteiger partial charge in [-0.1, -0.05) is 23.7 Å². The molecular weight excluding hydrogens is 274 g/mol. The van der Waals surface area contributed by atoms with Gasteiger partial charge in [-0.3, -0.25) is 0 Å². The summed E-state index contributed by atoms with van der Waals surface area (Å²) in [5.74, 6) is 0.804. The van der Waals surface area contributed by atoms with E-state index in [4.69, 9.17) is 16.3 Å². The largest absolute Gasteiger partial charge is 0.481 e. The molecule has 5 heteroatoms. The molecule has 20 heavy (non-hydrogen) atoms. The lowest BCUT2D eigenvalue weighted by Gasteiger charge is -2.15. The van der Waals surface area contributed by atoms with Crippen molar-refractivity contribution in [3.63, 3.8) is 0 Å². The van der Waals surface area contributed by atoms with Crippen LogP contribution in [-0.2, 0) is 13.6 Å². The molecule has 0 radical (unpaired) electrons. The second kappa shape index (κ2) is 6.29. The van der Waals surface area contributed by atoms with E-state index in [9.17, 15) is 0 Å². The molecule has 2 aromatic rings. The van der Waals surface area contributed by atoms with E-state index < -0.39 is 0 Å². The van der Waals surface area contributed by atoms with Gasteiger partial charge in [0, 0.05) is 24.7 Å². The Morgan fingerprint density at radius 3 is 2.60 bits per heavy atom. The highest BCUT2D eigenvalue weighted by atomic mass is 35.5. The predicted octanol–water partition coefficient (Wildman–Crippen LogP) is 3.24. The maximum atomic E-state index is 5.90. The number of methoxy groups -OCH3 is 1. The van der Waals surface area contributed by atoms with E-state index in [1.807, 2.05) is 38.2 Å². The second-order valence-corrected chi connectivity index (χ2v) is 5.29. The lowest BCUT2D eigenvalue weighted by atomic mass is 10.1. The third kappa shape index (κ3) is 3.14. The van der Waals surface area contributed by atoms with Crippen molar-refractivity contribution in [2.24, 2.45) is 7.05 Å². The van der Waals surface area contributed by atoms with E-state index in [-0.39, 0.29) is 6.04 Å². The molecule has 1 heterocycles. The molecular formula is C15H20ClN3O. The van der Waals surface area contributed by atoms with E-state index >= 15 is 0 Å². The summed E-state index contributed by atoms with van der Waals surface area (Å²) >= 11 is 5.90. The van der Waals surface area contributed by atoms with Crippen molar-refractivity contribution in [1.29, 1.82) is 0 Å². The number of aromatic nitrogens is 2. The normalized spacial score (nSPS) is 12.4. The van der Waals surface area contributed by atoms with Crippen LogP contribution in [0.15, 0.2) is 24.3 Å². The molecule has 1 aromatic carbocycles. The number of benzene rings is 1. The zero-order valence-corrected chi connectivity index (χ0v) is 13.0. The molecule has 1 N–H and O–H groups in total. The van der Waals surface area contributed by atoms with Crippen molar-refractivity contribution < 1.29 is 4.74 Å². The number of hydrogen-bond donors (Lipinski definition) is 1. The first-order valence-corrected chi connectivity index (χ1v) is 6.96. The predicted molar refractivity (Wildman–Crippen MR) is 81.2 cm³/mol. The number of nitrogens with one attached hydrogen (secondary N) is 1. The van der Waals surface area contributed by atoms with Gasteiger partial charge < -0.3 is 10.1 Å². The molecule has 4 nitrogen and oxygen atoms in total. The molecule has 1 aromatic heterocycles. The summed E-state index contributed by atoms with van der Waals surface area (Å²) in [4.78, 5) is 0. The molecule has 0 fully saturated rings. The maximum Gasteiger partial charge on any atom is 0.216 e. The second-order valence-electron chi connectivity index (χ2n) is 4.85. The standard InChI is InChI=1S/C15H20ClN3O/c1-10(12-5-7-13(16)8-6-12)17-9-14-11(2)18-19(3)15(14)20-4/h5-8,10,17H,9H2,1-4H3/t10-/m1/s1. The molecule has 1 atom stereocenters. The average molecular weight is 294 g/mol. The van der Waals surface area contributed by atoms with Crippen LogP contribution in [-0.4, -0.2) is 16.9 Å². The topological polar surface area (TPSA) is 39.1 Å². The number of aryl methyl sites for hydroxylation is 2. The first kappa shape index (κ1) is 14.9. The van der Waals surface area contributed by atoms with Crippen LogP contribution in [0.25, 0.3) is 0 Å². The third-order valence-electron chi connectivity index (χ3n) is 3.44. The van der Waals surface area contributed by atoms with Gasteiger partial charge in [0.05, 0.1) is 18.4 Å². The molecule has 0 aliphatic heterocycles. The van der Waals surface area contributed by atoms with E-state index in [0.29, 0.717) is 6.54 Å². The maximum absolute atomic E-state index is 5.90. The molecule has 0 aliphatic carbocycles. The van der Waals surface area contributed by atoms with Crippen molar-refractivity contribution in [3.05, 3.63) is 46.1 Å². The molecule has 2 rings (SSSR count). The Bertz CT molecular complexity index is 578.